The van der Waals surface area contributed by atoms with Crippen LogP contribution in [0, 0.1) is 12.8 Å². The highest BCUT2D eigenvalue weighted by Crippen LogP contribution is 2.29. The van der Waals surface area contributed by atoms with Crippen molar-refractivity contribution >= 4 is 17.5 Å². The number of carbonyl (C=O) groups is 2. The van der Waals surface area contributed by atoms with Crippen LogP contribution in [0.4, 0.5) is 5.69 Å². The molecular weight excluding hydrogens is 352 g/mol. The lowest BCUT2D eigenvalue weighted by Crippen LogP contribution is -2.50. The molecule has 4 rings (SSSR count). The maximum absolute atomic E-state index is 13.2. The monoisotopic (exact) mass is 384 g/mol. The number of rotatable bonds is 3. The largest absolute Gasteiger partial charge is 0.370 e. The molecule has 2 saturated heterocycles. The van der Waals surface area contributed by atoms with Gasteiger partial charge in [0.1, 0.15) is 0 Å². The first kappa shape index (κ1) is 19.2. The molecule has 2 amide bonds. The van der Waals surface area contributed by atoms with Crippen LogP contribution < -0.4 is 4.90 Å². The minimum atomic E-state index is -0.0204. The molecular formula is C22H32N4O2. The maximum Gasteiger partial charge on any atom is 0.227 e. The maximum atomic E-state index is 13.2. The van der Waals surface area contributed by atoms with Gasteiger partial charge in [-0.25, -0.2) is 0 Å². The molecule has 1 saturated carbocycles. The van der Waals surface area contributed by atoms with Crippen molar-refractivity contribution in [3.8, 4) is 0 Å². The first-order valence-electron chi connectivity index (χ1n) is 10.9. The van der Waals surface area contributed by atoms with E-state index in [0.29, 0.717) is 25.4 Å². The zero-order valence-electron chi connectivity index (χ0n) is 17.0. The molecule has 1 aromatic heterocycles. The summed E-state index contributed by atoms with van der Waals surface area (Å²) in [6.07, 6.45) is 8.72. The molecule has 0 bridgehead atoms. The molecule has 3 fully saturated rings. The molecule has 6 heteroatoms. The number of pyridine rings is 1. The average molecular weight is 385 g/mol. The fraction of sp³-hybridized carbons (Fsp3) is 0.682. The summed E-state index contributed by atoms with van der Waals surface area (Å²) in [5, 5.41) is 0. The second-order valence-electron chi connectivity index (χ2n) is 8.54. The normalized spacial score (nSPS) is 24.5. The van der Waals surface area contributed by atoms with Gasteiger partial charge in [-0.2, -0.15) is 0 Å². The fourth-order valence-corrected chi connectivity index (χ4v) is 5.02. The van der Waals surface area contributed by atoms with Crippen molar-refractivity contribution in [1.82, 2.24) is 14.8 Å². The van der Waals surface area contributed by atoms with E-state index in [2.05, 4.69) is 22.0 Å². The van der Waals surface area contributed by atoms with Crippen molar-refractivity contribution in [1.29, 1.82) is 0 Å². The van der Waals surface area contributed by atoms with Gasteiger partial charge in [0, 0.05) is 62.8 Å². The second kappa shape index (κ2) is 8.50. The van der Waals surface area contributed by atoms with Crippen molar-refractivity contribution < 1.29 is 9.59 Å². The number of hydrogen-bond donors (Lipinski definition) is 0. The number of nitrogens with zero attached hydrogens (tertiary/aromatic N) is 4. The standard InChI is InChI=1S/C22H32N4O2/c1-17-15-20(9-10-23-17)24-11-4-12-25(14-13-24)22(28)18-7-8-21(27)26(16-18)19-5-2-3-6-19/h9-10,15,18-19H,2-8,11-14,16H2,1H3. The Labute approximate surface area is 167 Å². The zero-order chi connectivity index (χ0) is 19.5. The number of aromatic nitrogens is 1. The summed E-state index contributed by atoms with van der Waals surface area (Å²) < 4.78 is 0. The minimum Gasteiger partial charge on any atom is -0.370 e. The molecule has 2 aliphatic heterocycles. The Kier molecular flexibility index (Phi) is 5.83. The third kappa shape index (κ3) is 4.15. The van der Waals surface area contributed by atoms with Crippen LogP contribution in [-0.2, 0) is 9.59 Å². The number of hydrogen-bond acceptors (Lipinski definition) is 4. The van der Waals surface area contributed by atoms with Crippen LogP contribution in [0.5, 0.6) is 0 Å². The summed E-state index contributed by atoms with van der Waals surface area (Å²) in [5.74, 6) is 0.488. The molecule has 3 aliphatic rings. The van der Waals surface area contributed by atoms with E-state index >= 15 is 0 Å². The minimum absolute atomic E-state index is 0.0204. The molecule has 0 N–H and O–H groups in total. The van der Waals surface area contributed by atoms with Gasteiger partial charge in [0.2, 0.25) is 11.8 Å². The van der Waals surface area contributed by atoms with Gasteiger partial charge in [-0.15, -0.1) is 0 Å². The zero-order valence-corrected chi connectivity index (χ0v) is 17.0. The Balaban J connectivity index is 1.37. The Morgan fingerprint density at radius 3 is 2.68 bits per heavy atom. The van der Waals surface area contributed by atoms with E-state index < -0.39 is 0 Å². The molecule has 1 unspecified atom stereocenters. The van der Waals surface area contributed by atoms with Crippen molar-refractivity contribution in [2.45, 2.75) is 57.9 Å². The van der Waals surface area contributed by atoms with Gasteiger partial charge >= 0.3 is 0 Å². The SMILES string of the molecule is Cc1cc(N2CCCN(C(=O)C3CCC(=O)N(C4CCCC4)C3)CC2)ccn1. The van der Waals surface area contributed by atoms with E-state index in [-0.39, 0.29) is 17.7 Å². The van der Waals surface area contributed by atoms with Crippen molar-refractivity contribution in [2.24, 2.45) is 5.92 Å². The molecule has 152 valence electrons. The summed E-state index contributed by atoms with van der Waals surface area (Å²) in [5.41, 5.74) is 2.21. The van der Waals surface area contributed by atoms with Crippen LogP contribution in [-0.4, -0.2) is 65.4 Å². The molecule has 3 heterocycles. The lowest BCUT2D eigenvalue weighted by molar-refractivity contribution is -0.144. The molecule has 1 aromatic rings. The second-order valence-corrected chi connectivity index (χ2v) is 8.54. The van der Waals surface area contributed by atoms with Gasteiger partial charge in [-0.3, -0.25) is 14.6 Å². The highest BCUT2D eigenvalue weighted by molar-refractivity contribution is 5.84. The predicted octanol–water partition coefficient (Wildman–Crippen LogP) is 2.61. The molecule has 0 aromatic carbocycles. The highest BCUT2D eigenvalue weighted by atomic mass is 16.2. The van der Waals surface area contributed by atoms with Gasteiger partial charge in [0.05, 0.1) is 5.92 Å². The first-order valence-corrected chi connectivity index (χ1v) is 10.9. The molecule has 1 aliphatic carbocycles. The molecule has 28 heavy (non-hydrogen) atoms. The van der Waals surface area contributed by atoms with Crippen LogP contribution in [0.2, 0.25) is 0 Å². The Morgan fingerprint density at radius 1 is 1.07 bits per heavy atom. The van der Waals surface area contributed by atoms with Crippen molar-refractivity contribution in [3.63, 3.8) is 0 Å². The average Bonchev–Trinajstić information content (AvgIpc) is 3.12. The molecule has 6 nitrogen and oxygen atoms in total. The Morgan fingerprint density at radius 2 is 1.89 bits per heavy atom. The highest BCUT2D eigenvalue weighted by Gasteiger charge is 2.37. The third-order valence-electron chi connectivity index (χ3n) is 6.61. The predicted molar refractivity (Wildman–Crippen MR) is 109 cm³/mol. The topological polar surface area (TPSA) is 56.8 Å². The summed E-state index contributed by atoms with van der Waals surface area (Å²) in [4.78, 5) is 36.3. The first-order chi connectivity index (χ1) is 13.6. The fourth-order valence-electron chi connectivity index (χ4n) is 5.02. The molecule has 1 atom stereocenters. The van der Waals surface area contributed by atoms with E-state index in [1.165, 1.54) is 18.5 Å². The van der Waals surface area contributed by atoms with Crippen molar-refractivity contribution in [2.75, 3.05) is 37.6 Å². The smallest absolute Gasteiger partial charge is 0.227 e. The summed E-state index contributed by atoms with van der Waals surface area (Å²) in [6.45, 7) is 6.03. The van der Waals surface area contributed by atoms with Gasteiger partial charge in [0.25, 0.3) is 0 Å². The van der Waals surface area contributed by atoms with Gasteiger partial charge in [-0.1, -0.05) is 12.8 Å². The summed E-state index contributed by atoms with van der Waals surface area (Å²) in [7, 11) is 0. The van der Waals surface area contributed by atoms with Crippen LogP contribution >= 0.6 is 0 Å². The van der Waals surface area contributed by atoms with E-state index in [4.69, 9.17) is 0 Å². The summed E-state index contributed by atoms with van der Waals surface area (Å²) >= 11 is 0. The quantitative estimate of drug-likeness (QED) is 0.804. The Bertz CT molecular complexity index is 716. The van der Waals surface area contributed by atoms with E-state index in [0.717, 1.165) is 51.1 Å². The lowest BCUT2D eigenvalue weighted by atomic mass is 9.94. The van der Waals surface area contributed by atoms with Crippen LogP contribution in [0.3, 0.4) is 0 Å². The van der Waals surface area contributed by atoms with Crippen molar-refractivity contribution in [3.05, 3.63) is 24.0 Å². The summed E-state index contributed by atoms with van der Waals surface area (Å²) in [6, 6.07) is 4.54. The number of carbonyl (C=O) groups excluding carboxylic acids is 2. The van der Waals surface area contributed by atoms with E-state index in [1.807, 2.05) is 22.9 Å². The number of aryl methyl sites for hydroxylation is 1. The Hall–Kier alpha value is -2.11. The molecule has 0 radical (unpaired) electrons. The number of anilines is 1. The van der Waals surface area contributed by atoms with Gasteiger partial charge in [0.15, 0.2) is 0 Å². The van der Waals surface area contributed by atoms with Gasteiger partial charge < -0.3 is 14.7 Å². The van der Waals surface area contributed by atoms with E-state index in [9.17, 15) is 9.59 Å². The van der Waals surface area contributed by atoms with Crippen LogP contribution in [0.15, 0.2) is 18.3 Å². The molecule has 0 spiro atoms. The number of piperidine rings is 1. The van der Waals surface area contributed by atoms with Crippen LogP contribution in [0.1, 0.15) is 50.6 Å². The van der Waals surface area contributed by atoms with E-state index in [1.54, 1.807) is 0 Å². The third-order valence-corrected chi connectivity index (χ3v) is 6.61. The lowest BCUT2D eigenvalue weighted by Gasteiger charge is -2.38. The number of amides is 2. The number of likely N-dealkylation sites (tertiary alicyclic amines) is 1. The van der Waals surface area contributed by atoms with Crippen LogP contribution in [0.25, 0.3) is 0 Å². The van der Waals surface area contributed by atoms with Gasteiger partial charge in [-0.05, 0) is 44.7 Å².